The molecular weight excluding hydrogens is 266 g/mol. The quantitative estimate of drug-likeness (QED) is 0.933. The molecule has 1 aliphatic rings. The van der Waals surface area contributed by atoms with Crippen LogP contribution in [0.4, 0.5) is 0 Å². The van der Waals surface area contributed by atoms with E-state index >= 15 is 0 Å². The van der Waals surface area contributed by atoms with Gasteiger partial charge in [0, 0.05) is 18.5 Å². The Morgan fingerprint density at radius 2 is 2.24 bits per heavy atom. The third-order valence-electron chi connectivity index (χ3n) is 4.45. The van der Waals surface area contributed by atoms with Crippen molar-refractivity contribution in [1.29, 1.82) is 0 Å². The van der Waals surface area contributed by atoms with Gasteiger partial charge >= 0.3 is 5.97 Å². The number of nitrogens with zero attached hydrogens (tertiary/aromatic N) is 1. The van der Waals surface area contributed by atoms with Crippen LogP contribution < -0.4 is 0 Å². The van der Waals surface area contributed by atoms with Gasteiger partial charge in [0.25, 0.3) is 0 Å². The van der Waals surface area contributed by atoms with Crippen molar-refractivity contribution >= 4 is 16.9 Å². The van der Waals surface area contributed by atoms with Gasteiger partial charge in [0.2, 0.25) is 5.76 Å². The molecule has 1 saturated heterocycles. The Balaban J connectivity index is 1.74. The first-order valence-electron chi connectivity index (χ1n) is 7.51. The van der Waals surface area contributed by atoms with Gasteiger partial charge in [0.05, 0.1) is 0 Å². The lowest BCUT2D eigenvalue weighted by Gasteiger charge is -2.17. The summed E-state index contributed by atoms with van der Waals surface area (Å²) in [5, 5.41) is 9.83. The summed E-state index contributed by atoms with van der Waals surface area (Å²) in [5.74, 6) is 0.515. The van der Waals surface area contributed by atoms with Crippen molar-refractivity contribution in [1.82, 2.24) is 4.90 Å². The molecule has 3 rings (SSSR count). The molecule has 4 heteroatoms. The van der Waals surface area contributed by atoms with Crippen LogP contribution in [0.3, 0.4) is 0 Å². The Morgan fingerprint density at radius 1 is 1.43 bits per heavy atom. The van der Waals surface area contributed by atoms with E-state index in [1.165, 1.54) is 12.0 Å². The van der Waals surface area contributed by atoms with Crippen LogP contribution in [0.25, 0.3) is 11.0 Å². The number of benzene rings is 1. The van der Waals surface area contributed by atoms with Gasteiger partial charge in [-0.2, -0.15) is 0 Å². The summed E-state index contributed by atoms with van der Waals surface area (Å²) in [6, 6.07) is 7.53. The molecule has 0 amide bonds. The van der Waals surface area contributed by atoms with Gasteiger partial charge in [-0.05, 0) is 48.6 Å². The lowest BCUT2D eigenvalue weighted by Crippen LogP contribution is -2.21. The fraction of sp³-hybridized carbons (Fsp3) is 0.471. The van der Waals surface area contributed by atoms with Crippen LogP contribution in [0.1, 0.15) is 36.4 Å². The number of rotatable bonds is 4. The van der Waals surface area contributed by atoms with E-state index < -0.39 is 5.97 Å². The van der Waals surface area contributed by atoms with E-state index in [0.29, 0.717) is 5.58 Å². The van der Waals surface area contributed by atoms with Gasteiger partial charge < -0.3 is 9.52 Å². The minimum absolute atomic E-state index is 0.00296. The van der Waals surface area contributed by atoms with Crippen molar-refractivity contribution < 1.29 is 14.3 Å². The van der Waals surface area contributed by atoms with Gasteiger partial charge in [-0.3, -0.25) is 4.90 Å². The summed E-state index contributed by atoms with van der Waals surface area (Å²) < 4.78 is 5.29. The number of likely N-dealkylation sites (tertiary alicyclic amines) is 1. The predicted molar refractivity (Wildman–Crippen MR) is 81.4 cm³/mol. The highest BCUT2D eigenvalue weighted by atomic mass is 16.4. The molecule has 1 aromatic carbocycles. The van der Waals surface area contributed by atoms with E-state index in [9.17, 15) is 4.79 Å². The zero-order chi connectivity index (χ0) is 15.0. The molecule has 0 bridgehead atoms. The standard InChI is InChI=1S/C17H21NO3/c1-11(2)13-5-6-18(10-13)9-12-3-4-15-14(7-12)8-16(21-15)17(19)20/h3-4,7-8,11,13H,5-6,9-10H2,1-2H3,(H,19,20). The normalized spacial score (nSPS) is 19.7. The van der Waals surface area contributed by atoms with E-state index in [0.717, 1.165) is 36.9 Å². The van der Waals surface area contributed by atoms with E-state index in [-0.39, 0.29) is 5.76 Å². The number of fused-ring (bicyclic) bond motifs is 1. The van der Waals surface area contributed by atoms with Crippen LogP contribution in [0.5, 0.6) is 0 Å². The molecule has 21 heavy (non-hydrogen) atoms. The van der Waals surface area contributed by atoms with E-state index in [1.54, 1.807) is 6.07 Å². The first-order chi connectivity index (χ1) is 10.0. The summed E-state index contributed by atoms with van der Waals surface area (Å²) >= 11 is 0. The smallest absolute Gasteiger partial charge is 0.371 e. The molecule has 1 aromatic heterocycles. The third kappa shape index (κ3) is 2.95. The van der Waals surface area contributed by atoms with Gasteiger partial charge in [-0.25, -0.2) is 4.79 Å². The molecule has 4 nitrogen and oxygen atoms in total. The van der Waals surface area contributed by atoms with E-state index in [1.807, 2.05) is 18.2 Å². The molecule has 1 N–H and O–H groups in total. The van der Waals surface area contributed by atoms with Crippen molar-refractivity contribution in [2.75, 3.05) is 13.1 Å². The van der Waals surface area contributed by atoms with Gasteiger partial charge in [-0.1, -0.05) is 19.9 Å². The maximum atomic E-state index is 10.9. The number of hydrogen-bond donors (Lipinski definition) is 1. The maximum Gasteiger partial charge on any atom is 0.371 e. The SMILES string of the molecule is CC(C)C1CCN(Cc2ccc3oc(C(=O)O)cc3c2)C1. The fourth-order valence-corrected chi connectivity index (χ4v) is 3.11. The highest BCUT2D eigenvalue weighted by Crippen LogP contribution is 2.26. The predicted octanol–water partition coefficient (Wildman–Crippen LogP) is 3.61. The largest absolute Gasteiger partial charge is 0.475 e. The fourth-order valence-electron chi connectivity index (χ4n) is 3.11. The molecule has 0 saturated carbocycles. The van der Waals surface area contributed by atoms with Crippen LogP contribution in [0, 0.1) is 11.8 Å². The van der Waals surface area contributed by atoms with Crippen molar-refractivity contribution in [2.45, 2.75) is 26.8 Å². The second-order valence-electron chi connectivity index (χ2n) is 6.32. The monoisotopic (exact) mass is 287 g/mol. The molecule has 1 unspecified atom stereocenters. The van der Waals surface area contributed by atoms with E-state index in [2.05, 4.69) is 18.7 Å². The first kappa shape index (κ1) is 14.1. The van der Waals surface area contributed by atoms with E-state index in [4.69, 9.17) is 9.52 Å². The molecule has 2 aromatic rings. The van der Waals surface area contributed by atoms with Crippen molar-refractivity contribution in [3.63, 3.8) is 0 Å². The van der Waals surface area contributed by atoms with Crippen molar-refractivity contribution in [2.24, 2.45) is 11.8 Å². The Morgan fingerprint density at radius 3 is 2.90 bits per heavy atom. The maximum absolute atomic E-state index is 10.9. The van der Waals surface area contributed by atoms with Crippen LogP contribution in [0.2, 0.25) is 0 Å². The summed E-state index contributed by atoms with van der Waals surface area (Å²) in [4.78, 5) is 13.4. The molecule has 0 radical (unpaired) electrons. The molecule has 1 fully saturated rings. The van der Waals surface area contributed by atoms with Crippen LogP contribution in [-0.2, 0) is 6.54 Å². The number of furan rings is 1. The Labute approximate surface area is 124 Å². The summed E-state index contributed by atoms with van der Waals surface area (Å²) in [7, 11) is 0. The number of carbonyl (C=O) groups is 1. The number of aromatic carboxylic acids is 1. The van der Waals surface area contributed by atoms with Crippen LogP contribution in [0.15, 0.2) is 28.7 Å². The second kappa shape index (κ2) is 5.53. The summed E-state index contributed by atoms with van der Waals surface area (Å²) in [5.41, 5.74) is 1.85. The third-order valence-corrected chi connectivity index (χ3v) is 4.45. The molecule has 1 atom stereocenters. The first-order valence-corrected chi connectivity index (χ1v) is 7.51. The lowest BCUT2D eigenvalue weighted by molar-refractivity contribution is 0.0665. The van der Waals surface area contributed by atoms with Crippen molar-refractivity contribution in [3.05, 3.63) is 35.6 Å². The number of carboxylic acid groups (broad SMARTS) is 1. The number of hydrogen-bond acceptors (Lipinski definition) is 3. The molecule has 1 aliphatic heterocycles. The Hall–Kier alpha value is -1.81. The lowest BCUT2D eigenvalue weighted by atomic mass is 9.95. The Kier molecular flexibility index (Phi) is 3.72. The topological polar surface area (TPSA) is 53.7 Å². The summed E-state index contributed by atoms with van der Waals surface area (Å²) in [6.45, 7) is 7.80. The molecule has 2 heterocycles. The molecule has 0 aliphatic carbocycles. The number of carboxylic acids is 1. The van der Waals surface area contributed by atoms with Crippen molar-refractivity contribution in [3.8, 4) is 0 Å². The van der Waals surface area contributed by atoms with Crippen LogP contribution >= 0.6 is 0 Å². The highest BCUT2D eigenvalue weighted by Gasteiger charge is 2.24. The van der Waals surface area contributed by atoms with Crippen LogP contribution in [-0.4, -0.2) is 29.1 Å². The average molecular weight is 287 g/mol. The van der Waals surface area contributed by atoms with Gasteiger partial charge in [-0.15, -0.1) is 0 Å². The summed E-state index contributed by atoms with van der Waals surface area (Å²) in [6.07, 6.45) is 1.27. The Bertz CT molecular complexity index is 659. The van der Waals surface area contributed by atoms with Gasteiger partial charge in [0.15, 0.2) is 0 Å². The molecular formula is C17H21NO3. The zero-order valence-electron chi connectivity index (χ0n) is 12.5. The molecule has 0 spiro atoms. The highest BCUT2D eigenvalue weighted by molar-refractivity contribution is 5.91. The minimum Gasteiger partial charge on any atom is -0.475 e. The average Bonchev–Trinajstić information content (AvgIpc) is 3.04. The zero-order valence-corrected chi connectivity index (χ0v) is 12.5. The second-order valence-corrected chi connectivity index (χ2v) is 6.32. The van der Waals surface area contributed by atoms with Gasteiger partial charge in [0.1, 0.15) is 5.58 Å². The minimum atomic E-state index is -1.02. The molecule has 112 valence electrons.